The molecule has 0 spiro atoms. The van der Waals surface area contributed by atoms with Gasteiger partial charge in [-0.15, -0.1) is 0 Å². The molecule has 1 saturated heterocycles. The van der Waals surface area contributed by atoms with Gasteiger partial charge in [-0.3, -0.25) is 9.78 Å². The second-order valence-corrected chi connectivity index (χ2v) is 8.84. The Hall–Kier alpha value is -3.39. The van der Waals surface area contributed by atoms with Crippen LogP contribution in [-0.4, -0.2) is 64.9 Å². The van der Waals surface area contributed by atoms with Crippen LogP contribution in [-0.2, 0) is 20.8 Å². The number of nitrogens with zero attached hydrogens (tertiary/aromatic N) is 4. The summed E-state index contributed by atoms with van der Waals surface area (Å²) < 4.78 is 13.1. The first-order valence-corrected chi connectivity index (χ1v) is 11.2. The molecule has 1 fully saturated rings. The predicted octanol–water partition coefficient (Wildman–Crippen LogP) is 2.94. The van der Waals surface area contributed by atoms with Crippen LogP contribution in [0, 0.1) is 5.92 Å². The van der Waals surface area contributed by atoms with Gasteiger partial charge in [-0.1, -0.05) is 5.16 Å². The fourth-order valence-electron chi connectivity index (χ4n) is 4.58. The number of hydrogen-bond acceptors (Lipinski definition) is 6. The van der Waals surface area contributed by atoms with E-state index in [4.69, 9.17) is 14.3 Å². The first-order chi connectivity index (χ1) is 16.1. The van der Waals surface area contributed by atoms with Crippen LogP contribution in [0.3, 0.4) is 0 Å². The van der Waals surface area contributed by atoms with Crippen molar-refractivity contribution in [1.29, 1.82) is 0 Å². The van der Waals surface area contributed by atoms with Crippen molar-refractivity contribution in [2.75, 3.05) is 33.4 Å². The lowest BCUT2D eigenvalue weighted by Crippen LogP contribution is -2.49. The number of ether oxygens (including phenoxy) is 2. The van der Waals surface area contributed by atoms with E-state index in [9.17, 15) is 4.79 Å². The Labute approximate surface area is 192 Å². The normalized spacial score (nSPS) is 23.2. The number of fused-ring (bicyclic) bond motifs is 1. The summed E-state index contributed by atoms with van der Waals surface area (Å²) in [5.74, 6) is 0.870. The number of oxime groups is 1. The van der Waals surface area contributed by atoms with Crippen molar-refractivity contribution in [2.45, 2.75) is 25.4 Å². The summed E-state index contributed by atoms with van der Waals surface area (Å²) in [5.41, 5.74) is 2.77. The lowest BCUT2D eigenvalue weighted by molar-refractivity contribution is -0.153. The molecule has 0 aliphatic carbocycles. The third-order valence-corrected chi connectivity index (χ3v) is 6.38. The molecule has 0 bridgehead atoms. The summed E-state index contributed by atoms with van der Waals surface area (Å²) >= 11 is 0. The average Bonchev–Trinajstić information content (AvgIpc) is 3.42. The molecule has 1 aromatic carbocycles. The maximum absolute atomic E-state index is 13.6. The Balaban J connectivity index is 1.28. The molecule has 33 heavy (non-hydrogen) atoms. The lowest BCUT2D eigenvalue weighted by Gasteiger charge is -2.30. The fraction of sp³-hybridized carbons (Fsp3) is 0.400. The molecule has 0 radical (unpaired) electrons. The van der Waals surface area contributed by atoms with Crippen molar-refractivity contribution in [1.82, 2.24) is 14.3 Å². The highest BCUT2D eigenvalue weighted by Gasteiger charge is 2.45. The second kappa shape index (κ2) is 8.86. The summed E-state index contributed by atoms with van der Waals surface area (Å²) in [6.07, 6.45) is 6.93. The van der Waals surface area contributed by atoms with Crippen LogP contribution in [0.1, 0.15) is 24.6 Å². The van der Waals surface area contributed by atoms with Gasteiger partial charge < -0.3 is 23.6 Å². The van der Waals surface area contributed by atoms with Crippen molar-refractivity contribution >= 4 is 17.1 Å². The summed E-state index contributed by atoms with van der Waals surface area (Å²) in [5, 5.41) is 4.25. The maximum Gasteiger partial charge on any atom is 0.269 e. The number of benzene rings is 1. The molecule has 0 saturated carbocycles. The van der Waals surface area contributed by atoms with Gasteiger partial charge in [-0.05, 0) is 55.3 Å². The summed E-state index contributed by atoms with van der Waals surface area (Å²) in [6.45, 7) is 4.05. The van der Waals surface area contributed by atoms with Gasteiger partial charge in [-0.25, -0.2) is 0 Å². The average molecular weight is 449 g/mol. The zero-order chi connectivity index (χ0) is 22.8. The van der Waals surface area contributed by atoms with Crippen molar-refractivity contribution in [3.05, 3.63) is 66.2 Å². The van der Waals surface area contributed by atoms with Crippen LogP contribution in [0.4, 0.5) is 0 Å². The Bertz CT molecular complexity index is 1170. The molecule has 2 aromatic heterocycles. The van der Waals surface area contributed by atoms with E-state index in [0.29, 0.717) is 32.7 Å². The molecule has 4 heterocycles. The van der Waals surface area contributed by atoms with Crippen LogP contribution < -0.4 is 4.74 Å². The zero-order valence-corrected chi connectivity index (χ0v) is 18.9. The van der Waals surface area contributed by atoms with Crippen molar-refractivity contribution in [3.8, 4) is 5.75 Å². The predicted molar refractivity (Wildman–Crippen MR) is 123 cm³/mol. The Morgan fingerprint density at radius 2 is 2.09 bits per heavy atom. The van der Waals surface area contributed by atoms with Crippen molar-refractivity contribution < 1.29 is 19.1 Å². The third-order valence-electron chi connectivity index (χ3n) is 6.38. The highest BCUT2D eigenvalue weighted by atomic mass is 16.7. The standard InChI is InChI=1S/C25H28N4O4/c1-25(15-22(27-33-25)19-5-7-20(31-2)8-6-19)24(30)29-12-13-32-17-18(16-29)14-21-23-4-3-10-28(23)11-9-26-21/h3-11,18H,12-17H2,1-2H3/t18-,25-/m1/s1. The second-order valence-electron chi connectivity index (χ2n) is 8.84. The van der Waals surface area contributed by atoms with E-state index in [-0.39, 0.29) is 11.8 Å². The molecule has 0 unspecified atom stereocenters. The van der Waals surface area contributed by atoms with Crippen LogP contribution in [0.5, 0.6) is 5.75 Å². The third kappa shape index (κ3) is 4.30. The minimum Gasteiger partial charge on any atom is -0.497 e. The summed E-state index contributed by atoms with van der Waals surface area (Å²) in [6, 6.07) is 11.7. The minimum atomic E-state index is -1.02. The number of aromatic nitrogens is 2. The molecular weight excluding hydrogens is 420 g/mol. The van der Waals surface area contributed by atoms with Crippen molar-refractivity contribution in [2.24, 2.45) is 11.1 Å². The number of carbonyl (C=O) groups is 1. The van der Waals surface area contributed by atoms with Crippen LogP contribution in [0.2, 0.25) is 0 Å². The van der Waals surface area contributed by atoms with Crippen LogP contribution >= 0.6 is 0 Å². The molecule has 2 aliphatic heterocycles. The highest BCUT2D eigenvalue weighted by molar-refractivity contribution is 6.05. The molecule has 2 aliphatic rings. The summed E-state index contributed by atoms with van der Waals surface area (Å²) in [4.78, 5) is 25.7. The van der Waals surface area contributed by atoms with Gasteiger partial charge >= 0.3 is 0 Å². The van der Waals surface area contributed by atoms with Gasteiger partial charge in [0.15, 0.2) is 0 Å². The van der Waals surface area contributed by atoms with E-state index in [1.165, 1.54) is 0 Å². The smallest absolute Gasteiger partial charge is 0.269 e. The van der Waals surface area contributed by atoms with Gasteiger partial charge in [0.05, 0.1) is 37.2 Å². The number of methoxy groups -OCH3 is 1. The zero-order valence-electron chi connectivity index (χ0n) is 18.9. The monoisotopic (exact) mass is 448 g/mol. The molecule has 8 heteroatoms. The Kier molecular flexibility index (Phi) is 5.76. The molecule has 1 amide bonds. The van der Waals surface area contributed by atoms with Crippen molar-refractivity contribution in [3.63, 3.8) is 0 Å². The molecule has 0 N–H and O–H groups in total. The Morgan fingerprint density at radius 1 is 1.24 bits per heavy atom. The van der Waals surface area contributed by atoms with Gasteiger partial charge in [0, 0.05) is 44.0 Å². The number of carbonyl (C=O) groups excluding carboxylic acids is 1. The van der Waals surface area contributed by atoms with Crippen LogP contribution in [0.15, 0.2) is 60.1 Å². The molecule has 2 atom stereocenters. The molecule has 172 valence electrons. The fourth-order valence-corrected chi connectivity index (χ4v) is 4.58. The van der Waals surface area contributed by atoms with E-state index in [1.54, 1.807) is 7.11 Å². The largest absolute Gasteiger partial charge is 0.497 e. The van der Waals surface area contributed by atoms with Gasteiger partial charge in [0.25, 0.3) is 5.91 Å². The SMILES string of the molecule is COc1ccc(C2=NO[C@@](C)(C(=O)N3CCOC[C@H](Cc4nccn5cccc45)C3)C2)cc1. The number of amides is 1. The van der Waals surface area contributed by atoms with E-state index in [1.807, 2.05) is 60.7 Å². The van der Waals surface area contributed by atoms with Gasteiger partial charge in [0.1, 0.15) is 5.75 Å². The number of hydrogen-bond donors (Lipinski definition) is 0. The van der Waals surface area contributed by atoms with E-state index in [2.05, 4.69) is 20.6 Å². The minimum absolute atomic E-state index is 0.0564. The lowest BCUT2D eigenvalue weighted by atomic mass is 9.93. The topological polar surface area (TPSA) is 77.7 Å². The first kappa shape index (κ1) is 21.5. The maximum atomic E-state index is 13.6. The van der Waals surface area contributed by atoms with Gasteiger partial charge in [-0.2, -0.15) is 0 Å². The van der Waals surface area contributed by atoms with E-state index in [0.717, 1.165) is 34.7 Å². The number of rotatable bonds is 5. The van der Waals surface area contributed by atoms with Gasteiger partial charge in [0.2, 0.25) is 5.60 Å². The van der Waals surface area contributed by atoms with E-state index >= 15 is 0 Å². The summed E-state index contributed by atoms with van der Waals surface area (Å²) in [7, 11) is 1.63. The molecular formula is C25H28N4O4. The Morgan fingerprint density at radius 3 is 2.91 bits per heavy atom. The molecule has 3 aromatic rings. The van der Waals surface area contributed by atoms with Crippen LogP contribution in [0.25, 0.3) is 5.52 Å². The van der Waals surface area contributed by atoms with E-state index < -0.39 is 5.60 Å². The first-order valence-electron chi connectivity index (χ1n) is 11.2. The highest BCUT2D eigenvalue weighted by Crippen LogP contribution is 2.30. The quantitative estimate of drug-likeness (QED) is 0.600. The molecule has 8 nitrogen and oxygen atoms in total. The molecule has 5 rings (SSSR count).